The molecule has 0 aromatic heterocycles. The van der Waals surface area contributed by atoms with Crippen molar-refractivity contribution >= 4 is 0 Å². The summed E-state index contributed by atoms with van der Waals surface area (Å²) in [6.07, 6.45) is 8.05. The molecule has 0 amide bonds. The normalized spacial score (nSPS) is 41.3. The first-order chi connectivity index (χ1) is 5.40. The summed E-state index contributed by atoms with van der Waals surface area (Å²) < 4.78 is 5.67. The van der Waals surface area contributed by atoms with Crippen molar-refractivity contribution in [2.75, 3.05) is 6.61 Å². The Balaban J connectivity index is 1.83. The number of hydrogen-bond donors (Lipinski definition) is 0. The molecule has 0 radical (unpaired) electrons. The molecular weight excluding hydrogens is 136 g/mol. The zero-order valence-electron chi connectivity index (χ0n) is 6.96. The predicted molar refractivity (Wildman–Crippen MR) is 45.4 cm³/mol. The van der Waals surface area contributed by atoms with Crippen LogP contribution in [0.25, 0.3) is 0 Å². The highest BCUT2D eigenvalue weighted by Crippen LogP contribution is 2.45. The molecule has 0 saturated heterocycles. The van der Waals surface area contributed by atoms with Crippen molar-refractivity contribution < 1.29 is 4.74 Å². The summed E-state index contributed by atoms with van der Waals surface area (Å²) in [7, 11) is 0. The second-order valence-corrected chi connectivity index (χ2v) is 3.84. The van der Waals surface area contributed by atoms with E-state index in [0.29, 0.717) is 6.10 Å². The monoisotopic (exact) mass is 152 g/mol. The largest absolute Gasteiger partial charge is 0.374 e. The average Bonchev–Trinajstić information content (AvgIpc) is 2.60. The van der Waals surface area contributed by atoms with E-state index in [-0.39, 0.29) is 0 Å². The van der Waals surface area contributed by atoms with E-state index in [1.807, 2.05) is 6.08 Å². The second kappa shape index (κ2) is 2.98. The van der Waals surface area contributed by atoms with E-state index >= 15 is 0 Å². The van der Waals surface area contributed by atoms with Crippen LogP contribution in [0.1, 0.15) is 25.7 Å². The number of hydrogen-bond acceptors (Lipinski definition) is 1. The minimum atomic E-state index is 0.576. The summed E-state index contributed by atoms with van der Waals surface area (Å²) in [4.78, 5) is 0. The Bertz CT molecular complexity index is 153. The van der Waals surface area contributed by atoms with Crippen molar-refractivity contribution in [2.24, 2.45) is 11.8 Å². The van der Waals surface area contributed by atoms with Gasteiger partial charge in [0.15, 0.2) is 0 Å². The van der Waals surface area contributed by atoms with Crippen molar-refractivity contribution in [3.05, 3.63) is 12.7 Å². The third kappa shape index (κ3) is 1.34. The summed E-state index contributed by atoms with van der Waals surface area (Å²) in [6, 6.07) is 0. The first kappa shape index (κ1) is 7.35. The van der Waals surface area contributed by atoms with Crippen LogP contribution in [0.2, 0.25) is 0 Å². The fourth-order valence-corrected chi connectivity index (χ4v) is 2.58. The third-order valence-electron chi connectivity index (χ3n) is 3.10. The molecule has 3 atom stereocenters. The van der Waals surface area contributed by atoms with E-state index in [4.69, 9.17) is 4.74 Å². The van der Waals surface area contributed by atoms with Crippen LogP contribution in [0.3, 0.4) is 0 Å². The Morgan fingerprint density at radius 2 is 2.27 bits per heavy atom. The molecule has 2 saturated carbocycles. The van der Waals surface area contributed by atoms with Gasteiger partial charge in [-0.3, -0.25) is 0 Å². The Hall–Kier alpha value is -0.300. The van der Waals surface area contributed by atoms with Gasteiger partial charge in [0.1, 0.15) is 0 Å². The Labute approximate surface area is 68.4 Å². The van der Waals surface area contributed by atoms with Gasteiger partial charge in [0.25, 0.3) is 0 Å². The summed E-state index contributed by atoms with van der Waals surface area (Å²) in [5, 5.41) is 0. The maximum Gasteiger partial charge on any atom is 0.0648 e. The second-order valence-electron chi connectivity index (χ2n) is 3.84. The molecule has 0 aromatic rings. The minimum absolute atomic E-state index is 0.576. The van der Waals surface area contributed by atoms with Gasteiger partial charge in [-0.05, 0) is 37.5 Å². The fraction of sp³-hybridized carbons (Fsp3) is 0.800. The van der Waals surface area contributed by atoms with Gasteiger partial charge in [-0.1, -0.05) is 6.08 Å². The average molecular weight is 152 g/mol. The number of ether oxygens (including phenoxy) is 1. The molecule has 0 aromatic carbocycles. The van der Waals surface area contributed by atoms with Gasteiger partial charge in [0.2, 0.25) is 0 Å². The molecule has 62 valence electrons. The molecule has 0 N–H and O–H groups in total. The van der Waals surface area contributed by atoms with Gasteiger partial charge < -0.3 is 4.74 Å². The highest BCUT2D eigenvalue weighted by atomic mass is 16.5. The van der Waals surface area contributed by atoms with Gasteiger partial charge in [-0.25, -0.2) is 0 Å². The molecule has 1 heteroatoms. The maximum absolute atomic E-state index is 5.67. The van der Waals surface area contributed by atoms with Crippen LogP contribution in [0.15, 0.2) is 12.7 Å². The molecular formula is C10H16O. The molecule has 2 aliphatic rings. The Morgan fingerprint density at radius 3 is 2.82 bits per heavy atom. The summed E-state index contributed by atoms with van der Waals surface area (Å²) in [5.74, 6) is 1.88. The van der Waals surface area contributed by atoms with Crippen LogP contribution in [0.4, 0.5) is 0 Å². The van der Waals surface area contributed by atoms with Crippen LogP contribution >= 0.6 is 0 Å². The topological polar surface area (TPSA) is 9.23 Å². The SMILES string of the molecule is C=CCOC1CC2CCC1C2. The van der Waals surface area contributed by atoms with Gasteiger partial charge in [-0.15, -0.1) is 6.58 Å². The summed E-state index contributed by atoms with van der Waals surface area (Å²) in [6.45, 7) is 4.40. The van der Waals surface area contributed by atoms with Gasteiger partial charge in [-0.2, -0.15) is 0 Å². The lowest BCUT2D eigenvalue weighted by Gasteiger charge is -2.20. The minimum Gasteiger partial charge on any atom is -0.374 e. The lowest BCUT2D eigenvalue weighted by molar-refractivity contribution is 0.0339. The predicted octanol–water partition coefficient (Wildman–Crippen LogP) is 2.38. The van der Waals surface area contributed by atoms with Gasteiger partial charge in [0.05, 0.1) is 12.7 Å². The van der Waals surface area contributed by atoms with Crippen molar-refractivity contribution in [1.82, 2.24) is 0 Å². The Kier molecular flexibility index (Phi) is 1.99. The van der Waals surface area contributed by atoms with Crippen molar-refractivity contribution in [3.63, 3.8) is 0 Å². The smallest absolute Gasteiger partial charge is 0.0648 e. The Morgan fingerprint density at radius 1 is 1.36 bits per heavy atom. The van der Waals surface area contributed by atoms with Crippen LogP contribution in [0, 0.1) is 11.8 Å². The lowest BCUT2D eigenvalue weighted by Crippen LogP contribution is -2.20. The molecule has 11 heavy (non-hydrogen) atoms. The third-order valence-corrected chi connectivity index (χ3v) is 3.10. The van der Waals surface area contributed by atoms with E-state index in [1.54, 1.807) is 0 Å². The van der Waals surface area contributed by atoms with E-state index in [1.165, 1.54) is 25.7 Å². The first-order valence-electron chi connectivity index (χ1n) is 4.62. The first-order valence-corrected chi connectivity index (χ1v) is 4.62. The maximum atomic E-state index is 5.67. The van der Waals surface area contributed by atoms with Crippen molar-refractivity contribution in [1.29, 1.82) is 0 Å². The highest BCUT2D eigenvalue weighted by Gasteiger charge is 2.39. The molecule has 1 nitrogen and oxygen atoms in total. The van der Waals surface area contributed by atoms with Crippen molar-refractivity contribution in [3.8, 4) is 0 Å². The van der Waals surface area contributed by atoms with Crippen LogP contribution < -0.4 is 0 Å². The van der Waals surface area contributed by atoms with Crippen molar-refractivity contribution in [2.45, 2.75) is 31.8 Å². The van der Waals surface area contributed by atoms with E-state index < -0.39 is 0 Å². The summed E-state index contributed by atoms with van der Waals surface area (Å²) >= 11 is 0. The zero-order chi connectivity index (χ0) is 7.68. The van der Waals surface area contributed by atoms with Gasteiger partial charge >= 0.3 is 0 Å². The molecule has 2 fully saturated rings. The standard InChI is InChI=1S/C10H16O/c1-2-5-11-10-7-8-3-4-9(10)6-8/h2,8-10H,1,3-7H2. The fourth-order valence-electron chi connectivity index (χ4n) is 2.58. The zero-order valence-corrected chi connectivity index (χ0v) is 6.96. The molecule has 3 unspecified atom stereocenters. The number of rotatable bonds is 3. The van der Waals surface area contributed by atoms with E-state index in [9.17, 15) is 0 Å². The molecule has 2 aliphatic carbocycles. The molecule has 2 bridgehead atoms. The summed E-state index contributed by atoms with van der Waals surface area (Å²) in [5.41, 5.74) is 0. The highest BCUT2D eigenvalue weighted by molar-refractivity contribution is 4.91. The molecule has 0 spiro atoms. The molecule has 2 rings (SSSR count). The lowest BCUT2D eigenvalue weighted by atomic mass is 9.98. The van der Waals surface area contributed by atoms with Crippen LogP contribution in [-0.2, 0) is 4.74 Å². The quantitative estimate of drug-likeness (QED) is 0.564. The number of fused-ring (bicyclic) bond motifs is 2. The van der Waals surface area contributed by atoms with Gasteiger partial charge in [0, 0.05) is 0 Å². The van der Waals surface area contributed by atoms with Crippen LogP contribution in [0.5, 0.6) is 0 Å². The van der Waals surface area contributed by atoms with Crippen LogP contribution in [-0.4, -0.2) is 12.7 Å². The molecule has 0 heterocycles. The van der Waals surface area contributed by atoms with E-state index in [2.05, 4.69) is 6.58 Å². The molecule has 0 aliphatic heterocycles. The van der Waals surface area contributed by atoms with E-state index in [0.717, 1.165) is 18.4 Å².